The number of likely N-dealkylation sites (tertiary alicyclic amines) is 1. The van der Waals surface area contributed by atoms with Crippen LogP contribution in [0.25, 0.3) is 0 Å². The average molecular weight is 475 g/mol. The van der Waals surface area contributed by atoms with Gasteiger partial charge in [-0.15, -0.1) is 0 Å². The van der Waals surface area contributed by atoms with Gasteiger partial charge < -0.3 is 14.4 Å². The summed E-state index contributed by atoms with van der Waals surface area (Å²) in [6.07, 6.45) is 3.63. The molecule has 0 radical (unpaired) electrons. The zero-order valence-electron chi connectivity index (χ0n) is 19.8. The van der Waals surface area contributed by atoms with Crippen molar-refractivity contribution in [3.05, 3.63) is 53.6 Å². The van der Waals surface area contributed by atoms with E-state index in [2.05, 4.69) is 4.72 Å². The summed E-state index contributed by atoms with van der Waals surface area (Å²) in [5.41, 5.74) is 1.12. The molecular formula is C25H34N2O5S. The molecule has 1 saturated heterocycles. The van der Waals surface area contributed by atoms with Gasteiger partial charge in [-0.1, -0.05) is 26.0 Å². The van der Waals surface area contributed by atoms with E-state index in [0.29, 0.717) is 31.0 Å². The molecule has 2 aromatic carbocycles. The normalized spacial score (nSPS) is 15.4. The van der Waals surface area contributed by atoms with Crippen molar-refractivity contribution in [1.29, 1.82) is 0 Å². The van der Waals surface area contributed by atoms with Gasteiger partial charge >= 0.3 is 0 Å². The van der Waals surface area contributed by atoms with E-state index in [0.717, 1.165) is 24.8 Å². The summed E-state index contributed by atoms with van der Waals surface area (Å²) >= 11 is 0. The van der Waals surface area contributed by atoms with E-state index in [1.165, 1.54) is 19.2 Å². The predicted octanol–water partition coefficient (Wildman–Crippen LogP) is 4.40. The van der Waals surface area contributed by atoms with Crippen molar-refractivity contribution >= 4 is 15.9 Å². The lowest BCUT2D eigenvalue weighted by molar-refractivity contribution is 0.0720. The van der Waals surface area contributed by atoms with Gasteiger partial charge in [0.25, 0.3) is 5.91 Å². The van der Waals surface area contributed by atoms with E-state index in [-0.39, 0.29) is 22.3 Å². The number of hydrogen-bond donors (Lipinski definition) is 1. The first-order valence-electron chi connectivity index (χ1n) is 11.4. The van der Waals surface area contributed by atoms with Gasteiger partial charge in [0.05, 0.1) is 24.7 Å². The number of piperidine rings is 1. The average Bonchev–Trinajstić information content (AvgIpc) is 2.83. The van der Waals surface area contributed by atoms with Crippen LogP contribution in [-0.4, -0.2) is 46.5 Å². The molecule has 1 N–H and O–H groups in total. The van der Waals surface area contributed by atoms with Crippen molar-refractivity contribution in [1.82, 2.24) is 9.62 Å². The molecular weight excluding hydrogens is 440 g/mol. The second kappa shape index (κ2) is 11.0. The lowest BCUT2D eigenvalue weighted by Crippen LogP contribution is -2.36. The van der Waals surface area contributed by atoms with E-state index in [1.54, 1.807) is 18.1 Å². The first kappa shape index (κ1) is 25.1. The molecule has 33 heavy (non-hydrogen) atoms. The minimum absolute atomic E-state index is 0.0472. The lowest BCUT2D eigenvalue weighted by Gasteiger charge is -2.27. The van der Waals surface area contributed by atoms with Crippen molar-refractivity contribution in [2.75, 3.05) is 27.3 Å². The van der Waals surface area contributed by atoms with Crippen molar-refractivity contribution in [3.8, 4) is 11.5 Å². The molecule has 3 rings (SSSR count). The summed E-state index contributed by atoms with van der Waals surface area (Å²) in [6.45, 7) is 5.44. The van der Waals surface area contributed by atoms with Crippen molar-refractivity contribution in [3.63, 3.8) is 0 Å². The van der Waals surface area contributed by atoms with Gasteiger partial charge in [0.15, 0.2) is 0 Å². The number of hydrogen-bond acceptors (Lipinski definition) is 5. The number of benzene rings is 2. The Bertz CT molecular complexity index is 1040. The minimum atomic E-state index is -3.89. The third kappa shape index (κ3) is 6.26. The first-order valence-corrected chi connectivity index (χ1v) is 12.9. The molecule has 0 saturated carbocycles. The van der Waals surface area contributed by atoms with Gasteiger partial charge in [-0.25, -0.2) is 13.1 Å². The molecule has 0 bridgehead atoms. The SMILES string of the molecule is COc1ccc([C@H](CC(C)C)NS(=O)(=O)c2ccc(OC)c(C(=O)N3CCCCC3)c2)cc1. The van der Waals surface area contributed by atoms with Crippen LogP contribution in [0.3, 0.4) is 0 Å². The number of ether oxygens (including phenoxy) is 2. The Labute approximate surface area is 197 Å². The molecule has 1 aliphatic rings. The molecule has 0 spiro atoms. The van der Waals surface area contributed by atoms with Crippen molar-refractivity contribution in [2.24, 2.45) is 5.92 Å². The molecule has 7 nitrogen and oxygen atoms in total. The number of carbonyl (C=O) groups excluding carboxylic acids is 1. The first-order chi connectivity index (χ1) is 15.7. The standard InChI is InChI=1S/C25H34N2O5S/c1-18(2)16-23(19-8-10-20(31-3)11-9-19)26-33(29,30)21-12-13-24(32-4)22(17-21)25(28)27-14-6-5-7-15-27/h8-13,17-18,23,26H,5-7,14-16H2,1-4H3/t23-/m0/s1. The van der Waals surface area contributed by atoms with Crippen molar-refractivity contribution in [2.45, 2.75) is 50.5 Å². The molecule has 1 heterocycles. The largest absolute Gasteiger partial charge is 0.497 e. The summed E-state index contributed by atoms with van der Waals surface area (Å²) in [6, 6.07) is 11.4. The smallest absolute Gasteiger partial charge is 0.257 e. The highest BCUT2D eigenvalue weighted by molar-refractivity contribution is 7.89. The molecule has 2 aromatic rings. The van der Waals surface area contributed by atoms with Gasteiger partial charge in [0.2, 0.25) is 10.0 Å². The predicted molar refractivity (Wildman–Crippen MR) is 128 cm³/mol. The number of amides is 1. The van der Waals surface area contributed by atoms with Gasteiger partial charge in [0.1, 0.15) is 11.5 Å². The Morgan fingerprint density at radius 3 is 2.24 bits per heavy atom. The molecule has 180 valence electrons. The molecule has 0 unspecified atom stereocenters. The topological polar surface area (TPSA) is 84.9 Å². The third-order valence-electron chi connectivity index (χ3n) is 5.88. The number of nitrogens with one attached hydrogen (secondary N) is 1. The van der Waals surface area contributed by atoms with Crippen molar-refractivity contribution < 1.29 is 22.7 Å². The number of rotatable bonds is 9. The van der Waals surface area contributed by atoms with E-state index in [1.807, 2.05) is 38.1 Å². The van der Waals surface area contributed by atoms with Crippen LogP contribution in [-0.2, 0) is 10.0 Å². The van der Waals surface area contributed by atoms with Crippen LogP contribution in [0, 0.1) is 5.92 Å². The molecule has 0 aliphatic carbocycles. The van der Waals surface area contributed by atoms with Gasteiger partial charge in [0, 0.05) is 19.1 Å². The Balaban J connectivity index is 1.91. The van der Waals surface area contributed by atoms with E-state index in [4.69, 9.17) is 9.47 Å². The maximum absolute atomic E-state index is 13.4. The van der Waals surface area contributed by atoms with E-state index in [9.17, 15) is 13.2 Å². The van der Waals surface area contributed by atoms with Crippen LogP contribution < -0.4 is 14.2 Å². The number of carbonyl (C=O) groups is 1. The van der Waals surface area contributed by atoms with Crippen LogP contribution in [0.2, 0.25) is 0 Å². The number of sulfonamides is 1. The van der Waals surface area contributed by atoms with Crippen LogP contribution >= 0.6 is 0 Å². The second-order valence-electron chi connectivity index (χ2n) is 8.79. The second-order valence-corrected chi connectivity index (χ2v) is 10.5. The summed E-state index contributed by atoms with van der Waals surface area (Å²) in [4.78, 5) is 14.9. The number of nitrogens with zero attached hydrogens (tertiary/aromatic N) is 1. The Morgan fingerprint density at radius 2 is 1.67 bits per heavy atom. The molecule has 0 aromatic heterocycles. The molecule has 1 amide bonds. The summed E-state index contributed by atoms with van der Waals surface area (Å²) in [5, 5.41) is 0. The maximum Gasteiger partial charge on any atom is 0.257 e. The zero-order valence-corrected chi connectivity index (χ0v) is 20.7. The molecule has 1 atom stereocenters. The molecule has 1 fully saturated rings. The maximum atomic E-state index is 13.4. The highest BCUT2D eigenvalue weighted by Crippen LogP contribution is 2.29. The summed E-state index contributed by atoms with van der Waals surface area (Å²) < 4.78 is 40.2. The van der Waals surface area contributed by atoms with E-state index >= 15 is 0 Å². The fourth-order valence-electron chi connectivity index (χ4n) is 4.10. The van der Waals surface area contributed by atoms with Gasteiger partial charge in [-0.2, -0.15) is 0 Å². The van der Waals surface area contributed by atoms with Crippen LogP contribution in [0.5, 0.6) is 11.5 Å². The van der Waals surface area contributed by atoms with Crippen LogP contribution in [0.15, 0.2) is 47.4 Å². The highest BCUT2D eigenvalue weighted by Gasteiger charge is 2.27. The Morgan fingerprint density at radius 1 is 1.00 bits per heavy atom. The zero-order chi connectivity index (χ0) is 24.0. The third-order valence-corrected chi connectivity index (χ3v) is 7.35. The highest BCUT2D eigenvalue weighted by atomic mass is 32.2. The molecule has 8 heteroatoms. The fourth-order valence-corrected chi connectivity index (χ4v) is 5.37. The minimum Gasteiger partial charge on any atom is -0.497 e. The summed E-state index contributed by atoms with van der Waals surface area (Å²) in [5.74, 6) is 1.16. The Hall–Kier alpha value is -2.58. The monoisotopic (exact) mass is 474 g/mol. The van der Waals surface area contributed by atoms with Crippen LogP contribution in [0.4, 0.5) is 0 Å². The van der Waals surface area contributed by atoms with Crippen LogP contribution in [0.1, 0.15) is 61.5 Å². The Kier molecular flexibility index (Phi) is 8.37. The van der Waals surface area contributed by atoms with Gasteiger partial charge in [-0.3, -0.25) is 4.79 Å². The quantitative estimate of drug-likeness (QED) is 0.582. The fraction of sp³-hybridized carbons (Fsp3) is 0.480. The van der Waals surface area contributed by atoms with Gasteiger partial charge in [-0.05, 0) is 67.5 Å². The number of methoxy groups -OCH3 is 2. The van der Waals surface area contributed by atoms with E-state index < -0.39 is 16.1 Å². The molecule has 1 aliphatic heterocycles. The lowest BCUT2D eigenvalue weighted by atomic mass is 9.98. The summed E-state index contributed by atoms with van der Waals surface area (Å²) in [7, 11) is -0.812.